The largest absolute Gasteiger partial charge is 0.368 e. The molecule has 0 saturated heterocycles. The molecule has 0 aliphatic carbocycles. The van der Waals surface area contributed by atoms with Crippen LogP contribution < -0.4 is 16.8 Å². The highest BCUT2D eigenvalue weighted by Crippen LogP contribution is 2.15. The first-order valence-electron chi connectivity index (χ1n) is 6.71. The van der Waals surface area contributed by atoms with E-state index in [0.717, 1.165) is 6.42 Å². The van der Waals surface area contributed by atoms with Gasteiger partial charge in [0.1, 0.15) is 6.54 Å². The first-order valence-corrected chi connectivity index (χ1v) is 6.71. The van der Waals surface area contributed by atoms with Crippen LogP contribution in [0.15, 0.2) is 12.4 Å². The molecule has 0 bridgehead atoms. The smallest absolute Gasteiger partial charge is 0.239 e. The molecule has 0 radical (unpaired) electrons. The van der Waals surface area contributed by atoms with E-state index in [-0.39, 0.29) is 18.4 Å². The second kappa shape index (κ2) is 7.64. The summed E-state index contributed by atoms with van der Waals surface area (Å²) in [6.07, 6.45) is 4.36. The second-order valence-corrected chi connectivity index (χ2v) is 5.38. The molecular formula is C13H23N5O2. The Bertz CT molecular complexity index is 455. The van der Waals surface area contributed by atoms with E-state index in [0.29, 0.717) is 24.6 Å². The summed E-state index contributed by atoms with van der Waals surface area (Å²) in [7, 11) is 0. The van der Waals surface area contributed by atoms with E-state index in [4.69, 9.17) is 11.5 Å². The first kappa shape index (κ1) is 16.2. The molecule has 0 aliphatic rings. The summed E-state index contributed by atoms with van der Waals surface area (Å²) in [5.41, 5.74) is 11.3. The lowest BCUT2D eigenvalue weighted by Gasteiger charge is -2.16. The summed E-state index contributed by atoms with van der Waals surface area (Å²) >= 11 is 0. The highest BCUT2D eigenvalue weighted by molar-refractivity contribution is 5.90. The van der Waals surface area contributed by atoms with Gasteiger partial charge in [0.25, 0.3) is 0 Å². The number of aromatic nitrogens is 2. The minimum absolute atomic E-state index is 0.00531. The lowest BCUT2D eigenvalue weighted by Crippen LogP contribution is -2.23. The van der Waals surface area contributed by atoms with Crippen molar-refractivity contribution in [1.29, 1.82) is 0 Å². The summed E-state index contributed by atoms with van der Waals surface area (Å²) in [5.74, 6) is 0.108. The van der Waals surface area contributed by atoms with Crippen molar-refractivity contribution in [3.8, 4) is 0 Å². The van der Waals surface area contributed by atoms with Crippen LogP contribution in [-0.2, 0) is 16.1 Å². The summed E-state index contributed by atoms with van der Waals surface area (Å²) in [4.78, 5) is 22.6. The van der Waals surface area contributed by atoms with Crippen LogP contribution in [0.3, 0.4) is 0 Å². The third kappa shape index (κ3) is 5.83. The number of anilines is 1. The number of hydrogen-bond donors (Lipinski definition) is 3. The molecule has 1 atom stereocenters. The fraction of sp³-hybridized carbons (Fsp3) is 0.615. The minimum Gasteiger partial charge on any atom is -0.368 e. The molecule has 0 spiro atoms. The van der Waals surface area contributed by atoms with Crippen LogP contribution in [0.1, 0.15) is 26.7 Å². The quantitative estimate of drug-likeness (QED) is 0.636. The maximum absolute atomic E-state index is 11.9. The Balaban J connectivity index is 2.48. The summed E-state index contributed by atoms with van der Waals surface area (Å²) in [6, 6.07) is 0. The number of nitrogens with zero attached hydrogens (tertiary/aromatic N) is 2. The Morgan fingerprint density at radius 3 is 2.70 bits per heavy atom. The third-order valence-corrected chi connectivity index (χ3v) is 2.85. The van der Waals surface area contributed by atoms with Crippen LogP contribution in [0.4, 0.5) is 5.69 Å². The van der Waals surface area contributed by atoms with Crippen molar-refractivity contribution in [3.05, 3.63) is 12.4 Å². The second-order valence-electron chi connectivity index (χ2n) is 5.38. The zero-order chi connectivity index (χ0) is 15.1. The monoisotopic (exact) mass is 281 g/mol. The highest BCUT2D eigenvalue weighted by atomic mass is 16.2. The molecule has 1 unspecified atom stereocenters. The number of carbonyl (C=O) groups excluding carboxylic acids is 2. The van der Waals surface area contributed by atoms with E-state index in [2.05, 4.69) is 24.3 Å². The molecule has 2 amide bonds. The van der Waals surface area contributed by atoms with Gasteiger partial charge in [-0.3, -0.25) is 14.3 Å². The Morgan fingerprint density at radius 1 is 1.45 bits per heavy atom. The first-order chi connectivity index (χ1) is 9.40. The van der Waals surface area contributed by atoms with Gasteiger partial charge >= 0.3 is 0 Å². The molecule has 0 fully saturated rings. The Hall–Kier alpha value is -1.89. The van der Waals surface area contributed by atoms with Crippen molar-refractivity contribution in [2.45, 2.75) is 33.2 Å². The van der Waals surface area contributed by atoms with Gasteiger partial charge in [-0.1, -0.05) is 13.8 Å². The molecule has 1 heterocycles. The Morgan fingerprint density at radius 2 is 2.15 bits per heavy atom. The zero-order valence-electron chi connectivity index (χ0n) is 12.0. The van der Waals surface area contributed by atoms with Crippen molar-refractivity contribution >= 4 is 17.5 Å². The van der Waals surface area contributed by atoms with Crippen LogP contribution in [0, 0.1) is 11.8 Å². The predicted octanol–water partition coefficient (Wildman–Crippen LogP) is 0.318. The maximum atomic E-state index is 11.9. The number of hydrogen-bond acceptors (Lipinski definition) is 4. The maximum Gasteiger partial charge on any atom is 0.239 e. The lowest BCUT2D eigenvalue weighted by molar-refractivity contribution is -0.119. The van der Waals surface area contributed by atoms with Gasteiger partial charge in [0.05, 0.1) is 11.9 Å². The molecule has 0 saturated carbocycles. The standard InChI is InChI=1S/C13H23N5O2/c1-9(2)3-10(5-14)4-13(20)17-11-6-16-18(7-11)8-12(15)19/h6-7,9-10H,3-5,8,14H2,1-2H3,(H2,15,19)(H,17,20). The summed E-state index contributed by atoms with van der Waals surface area (Å²) in [6.45, 7) is 4.70. The Labute approximate surface area is 118 Å². The lowest BCUT2D eigenvalue weighted by atomic mass is 9.94. The van der Waals surface area contributed by atoms with Gasteiger partial charge in [-0.05, 0) is 24.8 Å². The van der Waals surface area contributed by atoms with Crippen molar-refractivity contribution in [3.63, 3.8) is 0 Å². The van der Waals surface area contributed by atoms with Crippen LogP contribution in [0.5, 0.6) is 0 Å². The van der Waals surface area contributed by atoms with E-state index in [1.165, 1.54) is 10.9 Å². The minimum atomic E-state index is -0.480. The Kier molecular flexibility index (Phi) is 6.17. The van der Waals surface area contributed by atoms with Gasteiger partial charge < -0.3 is 16.8 Å². The molecule has 5 N–H and O–H groups in total. The molecule has 0 aliphatic heterocycles. The van der Waals surface area contributed by atoms with Gasteiger partial charge in [-0.25, -0.2) is 0 Å². The number of nitrogens with two attached hydrogens (primary N) is 2. The van der Waals surface area contributed by atoms with E-state index >= 15 is 0 Å². The van der Waals surface area contributed by atoms with Crippen LogP contribution in [0.2, 0.25) is 0 Å². The van der Waals surface area contributed by atoms with E-state index in [9.17, 15) is 9.59 Å². The van der Waals surface area contributed by atoms with Crippen LogP contribution in [0.25, 0.3) is 0 Å². The molecule has 1 aromatic heterocycles. The van der Waals surface area contributed by atoms with E-state index < -0.39 is 5.91 Å². The molecule has 1 aromatic rings. The number of rotatable bonds is 8. The van der Waals surface area contributed by atoms with E-state index in [1.807, 2.05) is 0 Å². The third-order valence-electron chi connectivity index (χ3n) is 2.85. The van der Waals surface area contributed by atoms with Gasteiger partial charge in [-0.15, -0.1) is 0 Å². The number of amides is 2. The van der Waals surface area contributed by atoms with Crippen molar-refractivity contribution in [2.24, 2.45) is 23.3 Å². The predicted molar refractivity (Wildman–Crippen MR) is 76.7 cm³/mol. The van der Waals surface area contributed by atoms with Crippen molar-refractivity contribution in [1.82, 2.24) is 9.78 Å². The summed E-state index contributed by atoms with van der Waals surface area (Å²) in [5, 5.41) is 6.68. The van der Waals surface area contributed by atoms with E-state index in [1.54, 1.807) is 6.20 Å². The molecule has 0 aromatic carbocycles. The molecular weight excluding hydrogens is 258 g/mol. The number of nitrogens with one attached hydrogen (secondary N) is 1. The molecule has 7 nitrogen and oxygen atoms in total. The molecule has 1 rings (SSSR count). The van der Waals surface area contributed by atoms with Crippen LogP contribution >= 0.6 is 0 Å². The topological polar surface area (TPSA) is 116 Å². The van der Waals surface area contributed by atoms with Gasteiger partial charge in [0.15, 0.2) is 0 Å². The fourth-order valence-corrected chi connectivity index (χ4v) is 2.08. The van der Waals surface area contributed by atoms with Crippen molar-refractivity contribution in [2.75, 3.05) is 11.9 Å². The van der Waals surface area contributed by atoms with Crippen LogP contribution in [-0.4, -0.2) is 28.1 Å². The molecule has 112 valence electrons. The van der Waals surface area contributed by atoms with Gasteiger partial charge in [0.2, 0.25) is 11.8 Å². The highest BCUT2D eigenvalue weighted by Gasteiger charge is 2.14. The molecule has 7 heteroatoms. The number of primary amides is 1. The average molecular weight is 281 g/mol. The van der Waals surface area contributed by atoms with Gasteiger partial charge in [0, 0.05) is 12.6 Å². The number of carbonyl (C=O) groups is 2. The normalized spacial score (nSPS) is 12.4. The van der Waals surface area contributed by atoms with Gasteiger partial charge in [-0.2, -0.15) is 5.10 Å². The van der Waals surface area contributed by atoms with Crippen molar-refractivity contribution < 1.29 is 9.59 Å². The average Bonchev–Trinajstić information content (AvgIpc) is 2.73. The zero-order valence-corrected chi connectivity index (χ0v) is 12.0. The fourth-order valence-electron chi connectivity index (χ4n) is 2.08. The SMILES string of the molecule is CC(C)CC(CN)CC(=O)Nc1cnn(CC(N)=O)c1. The molecule has 20 heavy (non-hydrogen) atoms. The summed E-state index contributed by atoms with van der Waals surface area (Å²) < 4.78 is 1.38.